The Balaban J connectivity index is 0.00000261. The van der Waals surface area contributed by atoms with Crippen LogP contribution in [0.15, 0.2) is 35.3 Å². The van der Waals surface area contributed by atoms with Crippen molar-refractivity contribution in [3.8, 4) is 0 Å². The third-order valence-corrected chi connectivity index (χ3v) is 5.86. The third kappa shape index (κ3) is 5.81. The molecule has 2 saturated heterocycles. The van der Waals surface area contributed by atoms with E-state index in [0.717, 1.165) is 45.3 Å². The van der Waals surface area contributed by atoms with Gasteiger partial charge in [-0.05, 0) is 11.5 Å². The van der Waals surface area contributed by atoms with E-state index in [0.29, 0.717) is 12.0 Å². The summed E-state index contributed by atoms with van der Waals surface area (Å²) in [5.74, 6) is 1.73. The molecule has 0 bridgehead atoms. The topological polar surface area (TPSA) is 40.1 Å². The van der Waals surface area contributed by atoms with E-state index in [9.17, 15) is 0 Å². The van der Waals surface area contributed by atoms with Crippen molar-refractivity contribution in [2.75, 3.05) is 39.8 Å². The zero-order valence-corrected chi connectivity index (χ0v) is 19.3. The molecule has 2 unspecified atom stereocenters. The molecule has 5 nitrogen and oxygen atoms in total. The van der Waals surface area contributed by atoms with Crippen LogP contribution in [0.25, 0.3) is 0 Å². The van der Waals surface area contributed by atoms with Crippen LogP contribution in [0.3, 0.4) is 0 Å². The molecule has 0 spiro atoms. The quantitative estimate of drug-likeness (QED) is 0.381. The molecule has 1 aromatic rings. The van der Waals surface area contributed by atoms with Crippen LogP contribution in [-0.4, -0.2) is 67.7 Å². The van der Waals surface area contributed by atoms with Gasteiger partial charge in [-0.25, -0.2) is 0 Å². The summed E-state index contributed by atoms with van der Waals surface area (Å²) in [7, 11) is 1.89. The highest BCUT2D eigenvalue weighted by Gasteiger charge is 2.41. The van der Waals surface area contributed by atoms with E-state index >= 15 is 0 Å². The van der Waals surface area contributed by atoms with Crippen LogP contribution >= 0.6 is 24.0 Å². The summed E-state index contributed by atoms with van der Waals surface area (Å²) in [6, 6.07) is 11.2. The predicted molar refractivity (Wildman–Crippen MR) is 123 cm³/mol. The lowest BCUT2D eigenvalue weighted by molar-refractivity contribution is -0.0502. The van der Waals surface area contributed by atoms with Gasteiger partial charge in [0.25, 0.3) is 0 Å². The zero-order valence-electron chi connectivity index (χ0n) is 16.9. The van der Waals surface area contributed by atoms with Crippen LogP contribution in [0.1, 0.15) is 32.3 Å². The number of fused-ring (bicyclic) bond motifs is 1. The maximum atomic E-state index is 6.10. The number of hydrogen-bond acceptors (Lipinski definition) is 3. The maximum Gasteiger partial charge on any atom is 0.193 e. The summed E-state index contributed by atoms with van der Waals surface area (Å²) >= 11 is 0. The van der Waals surface area contributed by atoms with Gasteiger partial charge in [0, 0.05) is 39.8 Å². The molecule has 1 N–H and O–H groups in total. The van der Waals surface area contributed by atoms with E-state index < -0.39 is 0 Å². The lowest BCUT2D eigenvalue weighted by Crippen LogP contribution is -2.50. The minimum Gasteiger partial charge on any atom is -0.373 e. The van der Waals surface area contributed by atoms with Gasteiger partial charge in [-0.3, -0.25) is 9.89 Å². The fourth-order valence-electron chi connectivity index (χ4n) is 4.09. The van der Waals surface area contributed by atoms with Gasteiger partial charge < -0.3 is 15.0 Å². The zero-order chi connectivity index (χ0) is 18.4. The van der Waals surface area contributed by atoms with Gasteiger partial charge in [0.1, 0.15) is 0 Å². The molecule has 0 amide bonds. The van der Waals surface area contributed by atoms with Crippen molar-refractivity contribution in [1.29, 1.82) is 0 Å². The molecular formula is C21H35IN4O. The van der Waals surface area contributed by atoms with Gasteiger partial charge in [-0.15, -0.1) is 24.0 Å². The minimum atomic E-state index is 0. The molecular weight excluding hydrogens is 451 g/mol. The molecule has 1 aromatic carbocycles. The summed E-state index contributed by atoms with van der Waals surface area (Å²) in [6.45, 7) is 10.3. The van der Waals surface area contributed by atoms with E-state index in [2.05, 4.69) is 64.3 Å². The van der Waals surface area contributed by atoms with Gasteiger partial charge in [0.05, 0.1) is 18.8 Å². The molecule has 2 atom stereocenters. The number of ether oxygens (including phenoxy) is 1. The Hall–Kier alpha value is -0.860. The lowest BCUT2D eigenvalue weighted by Gasteiger charge is -2.36. The molecule has 2 aliphatic rings. The maximum absolute atomic E-state index is 6.10. The summed E-state index contributed by atoms with van der Waals surface area (Å²) in [5.41, 5.74) is 1.38. The largest absolute Gasteiger partial charge is 0.373 e. The summed E-state index contributed by atoms with van der Waals surface area (Å²) in [5, 5.41) is 3.59. The Morgan fingerprint density at radius 1 is 1.22 bits per heavy atom. The first kappa shape index (κ1) is 22.4. The standard InChI is InChI=1S/C21H34N4O.HI/c1-4-17(5-2)13-23-21(22-3)25-15-19-20(16-25)26-12-11-24(19)14-18-9-7-6-8-10-18;/h6-10,17,19-20H,4-5,11-16H2,1-3H3,(H,22,23);1H. The number of guanidine groups is 1. The molecule has 0 aliphatic carbocycles. The first-order chi connectivity index (χ1) is 12.7. The van der Waals surface area contributed by atoms with Crippen LogP contribution in [-0.2, 0) is 11.3 Å². The van der Waals surface area contributed by atoms with Gasteiger partial charge in [0.2, 0.25) is 0 Å². The fraction of sp³-hybridized carbons (Fsp3) is 0.667. The number of hydrogen-bond donors (Lipinski definition) is 1. The number of halogens is 1. The first-order valence-corrected chi connectivity index (χ1v) is 10.1. The van der Waals surface area contributed by atoms with E-state index in [-0.39, 0.29) is 30.1 Å². The van der Waals surface area contributed by atoms with Crippen LogP contribution in [0.4, 0.5) is 0 Å². The summed E-state index contributed by atoms with van der Waals surface area (Å²) in [6.07, 6.45) is 2.69. The Morgan fingerprint density at radius 2 is 1.96 bits per heavy atom. The number of likely N-dealkylation sites (tertiary alicyclic amines) is 1. The van der Waals surface area contributed by atoms with Crippen LogP contribution in [0.5, 0.6) is 0 Å². The molecule has 0 saturated carbocycles. The van der Waals surface area contributed by atoms with E-state index in [1.54, 1.807) is 0 Å². The highest BCUT2D eigenvalue weighted by Crippen LogP contribution is 2.24. The van der Waals surface area contributed by atoms with Crippen LogP contribution in [0, 0.1) is 5.92 Å². The smallest absolute Gasteiger partial charge is 0.193 e. The second-order valence-electron chi connectivity index (χ2n) is 7.45. The van der Waals surface area contributed by atoms with Crippen molar-refractivity contribution >= 4 is 29.9 Å². The molecule has 6 heteroatoms. The summed E-state index contributed by atoms with van der Waals surface area (Å²) < 4.78 is 6.10. The molecule has 2 heterocycles. The molecule has 2 fully saturated rings. The van der Waals surface area contributed by atoms with Gasteiger partial charge in [-0.1, -0.05) is 57.0 Å². The Morgan fingerprint density at radius 3 is 2.63 bits per heavy atom. The Kier molecular flexibility index (Phi) is 9.32. The van der Waals surface area contributed by atoms with E-state index in [1.807, 2.05) is 7.05 Å². The van der Waals surface area contributed by atoms with Crippen molar-refractivity contribution in [1.82, 2.24) is 15.1 Å². The van der Waals surface area contributed by atoms with Crippen molar-refractivity contribution in [3.05, 3.63) is 35.9 Å². The average Bonchev–Trinajstić information content (AvgIpc) is 3.11. The molecule has 3 rings (SSSR count). The molecule has 0 radical (unpaired) electrons. The van der Waals surface area contributed by atoms with Gasteiger partial charge >= 0.3 is 0 Å². The van der Waals surface area contributed by atoms with Crippen molar-refractivity contribution < 1.29 is 4.74 Å². The second kappa shape index (κ2) is 11.2. The van der Waals surface area contributed by atoms with Gasteiger partial charge in [-0.2, -0.15) is 0 Å². The normalized spacial score (nSPS) is 23.3. The van der Waals surface area contributed by atoms with Gasteiger partial charge in [0.15, 0.2) is 5.96 Å². The first-order valence-electron chi connectivity index (χ1n) is 10.1. The second-order valence-corrected chi connectivity index (χ2v) is 7.45. The summed E-state index contributed by atoms with van der Waals surface area (Å²) in [4.78, 5) is 9.49. The van der Waals surface area contributed by atoms with E-state index in [1.165, 1.54) is 18.4 Å². The lowest BCUT2D eigenvalue weighted by atomic mass is 10.0. The number of rotatable bonds is 6. The predicted octanol–water partition coefficient (Wildman–Crippen LogP) is 3.20. The monoisotopic (exact) mass is 486 g/mol. The number of benzene rings is 1. The molecule has 0 aromatic heterocycles. The number of nitrogens with one attached hydrogen (secondary N) is 1. The minimum absolute atomic E-state index is 0. The number of nitrogens with zero attached hydrogens (tertiary/aromatic N) is 3. The van der Waals surface area contributed by atoms with Crippen LogP contribution < -0.4 is 5.32 Å². The van der Waals surface area contributed by atoms with Crippen molar-refractivity contribution in [3.63, 3.8) is 0 Å². The highest BCUT2D eigenvalue weighted by atomic mass is 127. The third-order valence-electron chi connectivity index (χ3n) is 5.86. The Bertz CT molecular complexity index is 579. The molecule has 152 valence electrons. The SMILES string of the molecule is CCC(CC)CNC(=NC)N1CC2OCCN(Cc3ccccc3)C2C1.I. The average molecular weight is 486 g/mol. The Labute approximate surface area is 181 Å². The van der Waals surface area contributed by atoms with Crippen molar-refractivity contribution in [2.45, 2.75) is 45.4 Å². The fourth-order valence-corrected chi connectivity index (χ4v) is 4.09. The van der Waals surface area contributed by atoms with E-state index in [4.69, 9.17) is 4.74 Å². The number of aliphatic imine (C=N–C) groups is 1. The molecule has 2 aliphatic heterocycles. The number of morpholine rings is 1. The van der Waals surface area contributed by atoms with Crippen molar-refractivity contribution in [2.24, 2.45) is 10.9 Å². The highest BCUT2D eigenvalue weighted by molar-refractivity contribution is 14.0. The van der Waals surface area contributed by atoms with Crippen LogP contribution in [0.2, 0.25) is 0 Å². The molecule has 27 heavy (non-hydrogen) atoms.